The van der Waals surface area contributed by atoms with Gasteiger partial charge in [-0.25, -0.2) is 9.78 Å². The number of hydrogen-bond acceptors (Lipinski definition) is 7. The Balaban J connectivity index is 1.36. The van der Waals surface area contributed by atoms with Crippen molar-refractivity contribution in [1.29, 1.82) is 0 Å². The fourth-order valence-electron chi connectivity index (χ4n) is 3.58. The average molecular weight is 526 g/mol. The SMILES string of the molecule is Cc1ccc(-c2nnc(Cc3ccc(Cl)cc3)o2)cc1OCc1csc2c(C(=O)O)cnc(Cl)c12. The van der Waals surface area contributed by atoms with Crippen LogP contribution in [0.3, 0.4) is 0 Å². The zero-order chi connectivity index (χ0) is 24.5. The molecule has 2 aromatic carbocycles. The molecule has 0 spiro atoms. The summed E-state index contributed by atoms with van der Waals surface area (Å²) in [4.78, 5) is 15.5. The van der Waals surface area contributed by atoms with Crippen LogP contribution in [0.2, 0.25) is 10.2 Å². The van der Waals surface area contributed by atoms with Crippen molar-refractivity contribution in [1.82, 2.24) is 15.2 Å². The number of carboxylic acids is 1. The van der Waals surface area contributed by atoms with Crippen LogP contribution in [0, 0.1) is 6.92 Å². The minimum Gasteiger partial charge on any atom is -0.489 e. The van der Waals surface area contributed by atoms with E-state index in [1.54, 1.807) is 0 Å². The van der Waals surface area contributed by atoms with Gasteiger partial charge in [0.25, 0.3) is 0 Å². The Morgan fingerprint density at radius 3 is 2.71 bits per heavy atom. The normalized spacial score (nSPS) is 11.2. The third kappa shape index (κ3) is 4.86. The van der Waals surface area contributed by atoms with E-state index in [4.69, 9.17) is 32.4 Å². The summed E-state index contributed by atoms with van der Waals surface area (Å²) in [5.74, 6) is 0.467. The number of benzene rings is 2. The number of nitrogens with zero attached hydrogens (tertiary/aromatic N) is 3. The van der Waals surface area contributed by atoms with Gasteiger partial charge in [0.1, 0.15) is 17.5 Å². The fourth-order valence-corrected chi connectivity index (χ4v) is 5.09. The van der Waals surface area contributed by atoms with Crippen molar-refractivity contribution in [3.63, 3.8) is 0 Å². The zero-order valence-corrected chi connectivity index (χ0v) is 20.6. The molecule has 0 unspecified atom stereocenters. The highest BCUT2D eigenvalue weighted by atomic mass is 35.5. The molecule has 3 heterocycles. The second-order valence-electron chi connectivity index (χ2n) is 7.81. The summed E-state index contributed by atoms with van der Waals surface area (Å²) in [6, 6.07) is 13.1. The van der Waals surface area contributed by atoms with Gasteiger partial charge in [-0.15, -0.1) is 21.5 Å². The van der Waals surface area contributed by atoms with Gasteiger partial charge < -0.3 is 14.3 Å². The Labute approximate surface area is 213 Å². The third-order valence-electron chi connectivity index (χ3n) is 5.41. The molecule has 0 radical (unpaired) electrons. The lowest BCUT2D eigenvalue weighted by molar-refractivity contribution is 0.0699. The van der Waals surface area contributed by atoms with Crippen LogP contribution in [-0.2, 0) is 13.0 Å². The predicted molar refractivity (Wildman–Crippen MR) is 135 cm³/mol. The Morgan fingerprint density at radius 2 is 1.94 bits per heavy atom. The van der Waals surface area contributed by atoms with Crippen molar-refractivity contribution in [2.24, 2.45) is 0 Å². The average Bonchev–Trinajstić information content (AvgIpc) is 3.48. The van der Waals surface area contributed by atoms with Gasteiger partial charge in [-0.3, -0.25) is 0 Å². The Hall–Kier alpha value is -3.46. The van der Waals surface area contributed by atoms with E-state index in [1.807, 2.05) is 54.8 Å². The molecule has 3 aromatic heterocycles. The molecule has 1 N–H and O–H groups in total. The fraction of sp³-hybridized carbons (Fsp3) is 0.120. The topological polar surface area (TPSA) is 98.3 Å². The van der Waals surface area contributed by atoms with E-state index in [1.165, 1.54) is 17.5 Å². The molecular formula is C25H17Cl2N3O4S. The van der Waals surface area contributed by atoms with Gasteiger partial charge in [0.15, 0.2) is 0 Å². The van der Waals surface area contributed by atoms with E-state index < -0.39 is 5.97 Å². The number of carbonyl (C=O) groups is 1. The number of halogens is 2. The molecule has 35 heavy (non-hydrogen) atoms. The molecule has 0 atom stereocenters. The standard InChI is InChI=1S/C25H17Cl2N3O4S/c1-13-2-5-15(24-30-29-20(34-24)8-14-3-6-17(26)7-4-14)9-19(13)33-11-16-12-35-22-18(25(31)32)10-28-23(27)21(16)22/h2-7,9-10,12H,8,11H2,1H3,(H,31,32). The van der Waals surface area contributed by atoms with E-state index >= 15 is 0 Å². The smallest absolute Gasteiger partial charge is 0.338 e. The molecule has 7 nitrogen and oxygen atoms in total. The summed E-state index contributed by atoms with van der Waals surface area (Å²) in [5.41, 5.74) is 3.54. The van der Waals surface area contributed by atoms with Crippen LogP contribution in [0.25, 0.3) is 21.5 Å². The maximum Gasteiger partial charge on any atom is 0.338 e. The van der Waals surface area contributed by atoms with Gasteiger partial charge in [0.05, 0.1) is 16.7 Å². The third-order valence-corrected chi connectivity index (χ3v) is 7.01. The number of hydrogen-bond donors (Lipinski definition) is 1. The van der Waals surface area contributed by atoms with E-state index in [9.17, 15) is 9.90 Å². The highest BCUT2D eigenvalue weighted by Crippen LogP contribution is 2.35. The molecule has 0 aliphatic heterocycles. The molecule has 10 heteroatoms. The maximum absolute atomic E-state index is 11.5. The van der Waals surface area contributed by atoms with E-state index in [0.29, 0.717) is 39.1 Å². The van der Waals surface area contributed by atoms with Gasteiger partial charge in [-0.2, -0.15) is 0 Å². The minimum absolute atomic E-state index is 0.115. The second-order valence-corrected chi connectivity index (χ2v) is 9.48. The Morgan fingerprint density at radius 1 is 1.14 bits per heavy atom. The number of ether oxygens (including phenoxy) is 1. The van der Waals surface area contributed by atoms with Gasteiger partial charge in [0, 0.05) is 27.7 Å². The molecule has 5 rings (SSSR count). The lowest BCUT2D eigenvalue weighted by Crippen LogP contribution is -2.00. The number of rotatable bonds is 7. The number of thiophene rings is 1. The van der Waals surface area contributed by atoms with E-state index in [2.05, 4.69) is 15.2 Å². The first kappa shape index (κ1) is 23.3. The lowest BCUT2D eigenvalue weighted by Gasteiger charge is -2.10. The highest BCUT2D eigenvalue weighted by molar-refractivity contribution is 7.17. The number of fused-ring (bicyclic) bond motifs is 1. The quantitative estimate of drug-likeness (QED) is 0.232. The van der Waals surface area contributed by atoms with Crippen LogP contribution < -0.4 is 4.74 Å². The van der Waals surface area contributed by atoms with E-state index in [0.717, 1.165) is 22.3 Å². The summed E-state index contributed by atoms with van der Waals surface area (Å²) >= 11 is 13.5. The number of aryl methyl sites for hydroxylation is 1. The summed E-state index contributed by atoms with van der Waals surface area (Å²) in [6.07, 6.45) is 1.77. The zero-order valence-electron chi connectivity index (χ0n) is 18.3. The minimum atomic E-state index is -1.05. The Bertz CT molecular complexity index is 1550. The van der Waals surface area contributed by atoms with Gasteiger partial charge in [0.2, 0.25) is 11.8 Å². The number of carboxylic acid groups (broad SMARTS) is 1. The molecule has 0 aliphatic carbocycles. The van der Waals surface area contributed by atoms with Crippen LogP contribution in [0.4, 0.5) is 0 Å². The lowest BCUT2D eigenvalue weighted by atomic mass is 10.1. The van der Waals surface area contributed by atoms with Crippen molar-refractivity contribution in [3.05, 3.63) is 92.4 Å². The van der Waals surface area contributed by atoms with Crippen molar-refractivity contribution in [3.8, 4) is 17.2 Å². The van der Waals surface area contributed by atoms with Crippen molar-refractivity contribution in [2.75, 3.05) is 0 Å². The van der Waals surface area contributed by atoms with Crippen molar-refractivity contribution in [2.45, 2.75) is 20.0 Å². The molecular weight excluding hydrogens is 509 g/mol. The summed E-state index contributed by atoms with van der Waals surface area (Å²) < 4.78 is 12.5. The number of aromatic nitrogens is 3. The predicted octanol–water partition coefficient (Wildman–Crippen LogP) is 6.83. The molecule has 0 saturated heterocycles. The second kappa shape index (κ2) is 9.65. The van der Waals surface area contributed by atoms with Crippen molar-refractivity contribution >= 4 is 50.6 Å². The van der Waals surface area contributed by atoms with Crippen molar-refractivity contribution < 1.29 is 19.1 Å². The van der Waals surface area contributed by atoms with Crippen LogP contribution in [0.1, 0.15) is 32.9 Å². The molecule has 5 aromatic rings. The Kier molecular flexibility index (Phi) is 6.42. The van der Waals surface area contributed by atoms with Crippen LogP contribution in [-0.4, -0.2) is 26.3 Å². The van der Waals surface area contributed by atoms with Gasteiger partial charge in [-0.05, 0) is 47.7 Å². The molecule has 176 valence electrons. The molecule has 0 saturated carbocycles. The summed E-state index contributed by atoms with van der Waals surface area (Å²) in [5, 5.41) is 21.1. The first-order chi connectivity index (χ1) is 16.9. The maximum atomic E-state index is 11.5. The highest BCUT2D eigenvalue weighted by Gasteiger charge is 2.18. The first-order valence-corrected chi connectivity index (χ1v) is 12.1. The largest absolute Gasteiger partial charge is 0.489 e. The molecule has 0 aliphatic rings. The molecule has 0 fully saturated rings. The first-order valence-electron chi connectivity index (χ1n) is 10.5. The monoisotopic (exact) mass is 525 g/mol. The van der Waals surface area contributed by atoms with Crippen LogP contribution in [0.5, 0.6) is 5.75 Å². The molecule has 0 amide bonds. The summed E-state index contributed by atoms with van der Waals surface area (Å²) in [7, 11) is 0. The van der Waals surface area contributed by atoms with Crippen LogP contribution >= 0.6 is 34.5 Å². The van der Waals surface area contributed by atoms with E-state index in [-0.39, 0.29) is 17.3 Å². The number of pyridine rings is 1. The molecule has 0 bridgehead atoms. The van der Waals surface area contributed by atoms with Gasteiger partial charge >= 0.3 is 5.97 Å². The number of aromatic carboxylic acids is 1. The summed E-state index contributed by atoms with van der Waals surface area (Å²) in [6.45, 7) is 2.13. The van der Waals surface area contributed by atoms with Crippen LogP contribution in [0.15, 0.2) is 58.5 Å². The van der Waals surface area contributed by atoms with Gasteiger partial charge in [-0.1, -0.05) is 41.4 Å².